The van der Waals surface area contributed by atoms with Crippen LogP contribution in [0.2, 0.25) is 0 Å². The fraction of sp³-hybridized carbons (Fsp3) is 0.571. The maximum atomic E-state index is 6.09. The van der Waals surface area contributed by atoms with Gasteiger partial charge < -0.3 is 5.73 Å². The predicted octanol–water partition coefficient (Wildman–Crippen LogP) is 3.99. The van der Waals surface area contributed by atoms with Crippen molar-refractivity contribution in [2.24, 2.45) is 5.73 Å². The van der Waals surface area contributed by atoms with Gasteiger partial charge in [-0.2, -0.15) is 0 Å². The second-order valence-electron chi connectivity index (χ2n) is 4.33. The molecule has 1 unspecified atom stereocenters. The number of rotatable bonds is 7. The molecule has 0 fully saturated rings. The Balaban J connectivity index is 2.26. The third-order valence-electron chi connectivity index (χ3n) is 2.72. The lowest BCUT2D eigenvalue weighted by molar-refractivity contribution is 0.597. The fourth-order valence-electron chi connectivity index (χ4n) is 1.66. The maximum Gasteiger partial charge on any atom is 0.0133 e. The van der Waals surface area contributed by atoms with E-state index in [0.29, 0.717) is 6.04 Å². The monoisotopic (exact) mass is 237 g/mol. The SMILES string of the molecule is CCCCCC(N)CSc1ccccc1C. The first-order valence-electron chi connectivity index (χ1n) is 6.18. The quantitative estimate of drug-likeness (QED) is 0.573. The molecule has 0 bridgehead atoms. The first kappa shape index (κ1) is 13.6. The molecule has 0 saturated carbocycles. The molecule has 2 N–H and O–H groups in total. The van der Waals surface area contributed by atoms with Gasteiger partial charge in [0, 0.05) is 16.7 Å². The zero-order valence-electron chi connectivity index (χ0n) is 10.4. The number of thioether (sulfide) groups is 1. The highest BCUT2D eigenvalue weighted by atomic mass is 32.2. The predicted molar refractivity (Wildman–Crippen MR) is 74.0 cm³/mol. The highest BCUT2D eigenvalue weighted by Gasteiger charge is 2.04. The lowest BCUT2D eigenvalue weighted by Gasteiger charge is -2.11. The van der Waals surface area contributed by atoms with Gasteiger partial charge in [-0.3, -0.25) is 0 Å². The third kappa shape index (κ3) is 5.04. The molecule has 1 nitrogen and oxygen atoms in total. The first-order valence-corrected chi connectivity index (χ1v) is 7.16. The fourth-order valence-corrected chi connectivity index (χ4v) is 2.69. The van der Waals surface area contributed by atoms with Crippen molar-refractivity contribution in [3.63, 3.8) is 0 Å². The highest BCUT2D eigenvalue weighted by molar-refractivity contribution is 7.99. The van der Waals surface area contributed by atoms with Gasteiger partial charge in [0.1, 0.15) is 0 Å². The minimum Gasteiger partial charge on any atom is -0.327 e. The van der Waals surface area contributed by atoms with E-state index >= 15 is 0 Å². The van der Waals surface area contributed by atoms with Crippen molar-refractivity contribution in [2.45, 2.75) is 50.5 Å². The van der Waals surface area contributed by atoms with Crippen LogP contribution in [0.15, 0.2) is 29.2 Å². The lowest BCUT2D eigenvalue weighted by Crippen LogP contribution is -2.22. The van der Waals surface area contributed by atoms with Gasteiger partial charge in [0.15, 0.2) is 0 Å². The van der Waals surface area contributed by atoms with Gasteiger partial charge in [-0.1, -0.05) is 44.4 Å². The molecular formula is C14H23NS. The van der Waals surface area contributed by atoms with Crippen LogP contribution in [0.4, 0.5) is 0 Å². The summed E-state index contributed by atoms with van der Waals surface area (Å²) in [7, 11) is 0. The van der Waals surface area contributed by atoms with Crippen molar-refractivity contribution >= 4 is 11.8 Å². The van der Waals surface area contributed by atoms with Crippen molar-refractivity contribution in [1.29, 1.82) is 0 Å². The molecular weight excluding hydrogens is 214 g/mol. The summed E-state index contributed by atoms with van der Waals surface area (Å²) in [5.74, 6) is 1.04. The van der Waals surface area contributed by atoms with Gasteiger partial charge in [-0.15, -0.1) is 11.8 Å². The highest BCUT2D eigenvalue weighted by Crippen LogP contribution is 2.22. The second kappa shape index (κ2) is 7.75. The van der Waals surface area contributed by atoms with Crippen LogP contribution in [0.25, 0.3) is 0 Å². The smallest absolute Gasteiger partial charge is 0.0133 e. The van der Waals surface area contributed by atoms with E-state index in [1.165, 1.54) is 29.7 Å². The Morgan fingerprint density at radius 2 is 2.00 bits per heavy atom. The average Bonchev–Trinajstić information content (AvgIpc) is 2.28. The Bertz CT molecular complexity index is 299. The van der Waals surface area contributed by atoms with Gasteiger partial charge in [-0.05, 0) is 25.0 Å². The summed E-state index contributed by atoms with van der Waals surface area (Å²) in [6.07, 6.45) is 5.01. The van der Waals surface area contributed by atoms with Crippen LogP contribution in [0.1, 0.15) is 38.2 Å². The number of unbranched alkanes of at least 4 members (excludes halogenated alkanes) is 2. The maximum absolute atomic E-state index is 6.09. The zero-order chi connectivity index (χ0) is 11.8. The van der Waals surface area contributed by atoms with Gasteiger partial charge in [-0.25, -0.2) is 0 Å². The number of aryl methyl sites for hydroxylation is 1. The summed E-state index contributed by atoms with van der Waals surface area (Å²) in [5, 5.41) is 0. The zero-order valence-corrected chi connectivity index (χ0v) is 11.2. The van der Waals surface area contributed by atoms with Gasteiger partial charge in [0.2, 0.25) is 0 Å². The number of hydrogen-bond acceptors (Lipinski definition) is 2. The minimum absolute atomic E-state index is 0.344. The van der Waals surface area contributed by atoms with Crippen LogP contribution in [-0.2, 0) is 0 Å². The summed E-state index contributed by atoms with van der Waals surface area (Å²) < 4.78 is 0. The normalized spacial score (nSPS) is 12.7. The summed E-state index contributed by atoms with van der Waals surface area (Å²) >= 11 is 1.89. The van der Waals surface area contributed by atoms with Crippen LogP contribution < -0.4 is 5.73 Å². The molecule has 0 aliphatic rings. The number of hydrogen-bond donors (Lipinski definition) is 1. The van der Waals surface area contributed by atoms with Crippen LogP contribution >= 0.6 is 11.8 Å². The van der Waals surface area contributed by atoms with E-state index < -0.39 is 0 Å². The molecule has 0 aromatic heterocycles. The molecule has 1 aromatic carbocycles. The van der Waals surface area contributed by atoms with E-state index in [1.807, 2.05) is 11.8 Å². The van der Waals surface area contributed by atoms with E-state index in [2.05, 4.69) is 38.1 Å². The number of nitrogens with two attached hydrogens (primary N) is 1. The van der Waals surface area contributed by atoms with Gasteiger partial charge in [0.25, 0.3) is 0 Å². The van der Waals surface area contributed by atoms with Crippen LogP contribution in [0.5, 0.6) is 0 Å². The molecule has 2 heteroatoms. The Morgan fingerprint density at radius 1 is 1.25 bits per heavy atom. The van der Waals surface area contributed by atoms with E-state index in [4.69, 9.17) is 5.73 Å². The molecule has 0 amide bonds. The molecule has 0 aliphatic heterocycles. The van der Waals surface area contributed by atoms with Gasteiger partial charge in [0.05, 0.1) is 0 Å². The Hall–Kier alpha value is -0.470. The lowest BCUT2D eigenvalue weighted by atomic mass is 10.1. The topological polar surface area (TPSA) is 26.0 Å². The molecule has 1 atom stereocenters. The van der Waals surface area contributed by atoms with Crippen molar-refractivity contribution in [1.82, 2.24) is 0 Å². The number of benzene rings is 1. The van der Waals surface area contributed by atoms with Crippen LogP contribution in [0.3, 0.4) is 0 Å². The Morgan fingerprint density at radius 3 is 2.69 bits per heavy atom. The second-order valence-corrected chi connectivity index (χ2v) is 5.39. The minimum atomic E-state index is 0.344. The molecule has 90 valence electrons. The van der Waals surface area contributed by atoms with Crippen LogP contribution in [0, 0.1) is 6.92 Å². The summed E-state index contributed by atoms with van der Waals surface area (Å²) in [6.45, 7) is 4.39. The molecule has 0 spiro atoms. The van der Waals surface area contributed by atoms with Crippen LogP contribution in [-0.4, -0.2) is 11.8 Å². The molecule has 0 heterocycles. The molecule has 0 saturated heterocycles. The standard InChI is InChI=1S/C14H23NS/c1-3-4-5-9-13(15)11-16-14-10-7-6-8-12(14)2/h6-8,10,13H,3-5,9,11,15H2,1-2H3. The molecule has 1 rings (SSSR count). The Kier molecular flexibility index (Phi) is 6.58. The third-order valence-corrected chi connectivity index (χ3v) is 4.09. The Labute approximate surface area is 104 Å². The van der Waals surface area contributed by atoms with Crippen molar-refractivity contribution in [3.8, 4) is 0 Å². The van der Waals surface area contributed by atoms with E-state index in [9.17, 15) is 0 Å². The van der Waals surface area contributed by atoms with Crippen molar-refractivity contribution < 1.29 is 0 Å². The molecule has 1 aromatic rings. The first-order chi connectivity index (χ1) is 7.74. The van der Waals surface area contributed by atoms with Crippen molar-refractivity contribution in [3.05, 3.63) is 29.8 Å². The molecule has 0 aliphatic carbocycles. The van der Waals surface area contributed by atoms with Gasteiger partial charge >= 0.3 is 0 Å². The summed E-state index contributed by atoms with van der Waals surface area (Å²) in [5.41, 5.74) is 7.45. The summed E-state index contributed by atoms with van der Waals surface area (Å²) in [4.78, 5) is 1.37. The molecule has 16 heavy (non-hydrogen) atoms. The summed E-state index contributed by atoms with van der Waals surface area (Å²) in [6, 6.07) is 8.86. The van der Waals surface area contributed by atoms with E-state index in [-0.39, 0.29) is 0 Å². The molecule has 0 radical (unpaired) electrons. The average molecular weight is 237 g/mol. The largest absolute Gasteiger partial charge is 0.327 e. The van der Waals surface area contributed by atoms with E-state index in [0.717, 1.165) is 12.2 Å². The van der Waals surface area contributed by atoms with Crippen molar-refractivity contribution in [2.75, 3.05) is 5.75 Å². The van der Waals surface area contributed by atoms with E-state index in [1.54, 1.807) is 0 Å².